The second kappa shape index (κ2) is 13.6. The summed E-state index contributed by atoms with van der Waals surface area (Å²) < 4.78 is 0. The molecule has 10 heteroatoms. The minimum Gasteiger partial charge on any atom is -0.369 e. The van der Waals surface area contributed by atoms with Gasteiger partial charge in [0.15, 0.2) is 0 Å². The normalized spacial score (nSPS) is 13.2. The number of benzene rings is 3. The average molecular weight is 577 g/mol. The second-order valence-electron chi connectivity index (χ2n) is 10.2. The van der Waals surface area contributed by atoms with E-state index in [-0.39, 0.29) is 23.2 Å². The van der Waals surface area contributed by atoms with Gasteiger partial charge in [0, 0.05) is 49.4 Å². The highest BCUT2D eigenvalue weighted by Gasteiger charge is 2.19. The maximum atomic E-state index is 13.5. The lowest BCUT2D eigenvalue weighted by Crippen LogP contribution is -2.44. The molecule has 3 aromatic carbocycles. The van der Waals surface area contributed by atoms with Crippen LogP contribution in [0, 0.1) is 0 Å². The van der Waals surface area contributed by atoms with Crippen LogP contribution in [0.2, 0.25) is 0 Å². The number of carbonyl (C=O) groups excluding carboxylic acids is 2. The van der Waals surface area contributed by atoms with Gasteiger partial charge in [-0.05, 0) is 67.6 Å². The molecule has 2 amide bonds. The summed E-state index contributed by atoms with van der Waals surface area (Å²) in [5.74, 6) is -0.126. The summed E-state index contributed by atoms with van der Waals surface area (Å²) in [4.78, 5) is 39.4. The van der Waals surface area contributed by atoms with E-state index in [9.17, 15) is 9.59 Å². The van der Waals surface area contributed by atoms with Gasteiger partial charge < -0.3 is 31.1 Å². The molecule has 0 bridgehead atoms. The second-order valence-corrected chi connectivity index (χ2v) is 10.2. The van der Waals surface area contributed by atoms with Crippen molar-refractivity contribution < 1.29 is 9.59 Å². The maximum Gasteiger partial charge on any atom is 0.261 e. The molecule has 0 atom stereocenters. The minimum atomic E-state index is -0.362. The number of anilines is 7. The van der Waals surface area contributed by atoms with Gasteiger partial charge >= 0.3 is 0 Å². The molecule has 0 unspecified atom stereocenters. The van der Waals surface area contributed by atoms with Gasteiger partial charge in [0.1, 0.15) is 11.4 Å². The Labute approximate surface area is 251 Å². The SMILES string of the molecule is C=CC(=O)Nc1ccccc1Nc1nc(Nc2ccc(N3CCN(C)CC3)cc2)ncc1C(=O)Nc1ccccc1CC. The van der Waals surface area contributed by atoms with Gasteiger partial charge in [-0.3, -0.25) is 9.59 Å². The monoisotopic (exact) mass is 576 g/mol. The van der Waals surface area contributed by atoms with E-state index in [1.807, 2.05) is 49.4 Å². The van der Waals surface area contributed by atoms with Crippen LogP contribution in [0.1, 0.15) is 22.8 Å². The highest BCUT2D eigenvalue weighted by atomic mass is 16.2. The van der Waals surface area contributed by atoms with Crippen molar-refractivity contribution in [2.24, 2.45) is 0 Å². The molecule has 1 aliphatic rings. The summed E-state index contributed by atoms with van der Waals surface area (Å²) in [7, 11) is 2.14. The van der Waals surface area contributed by atoms with Crippen LogP contribution >= 0.6 is 0 Å². The molecule has 0 aliphatic carbocycles. The molecular weight excluding hydrogens is 540 g/mol. The average Bonchev–Trinajstić information content (AvgIpc) is 3.03. The molecule has 43 heavy (non-hydrogen) atoms. The summed E-state index contributed by atoms with van der Waals surface area (Å²) in [6, 6.07) is 23.0. The van der Waals surface area contributed by atoms with Gasteiger partial charge in [0.2, 0.25) is 11.9 Å². The summed E-state index contributed by atoms with van der Waals surface area (Å²) in [5, 5.41) is 12.3. The first-order chi connectivity index (χ1) is 20.9. The number of nitrogens with one attached hydrogen (secondary N) is 4. The number of hydrogen-bond acceptors (Lipinski definition) is 8. The molecule has 1 aliphatic heterocycles. The first-order valence-corrected chi connectivity index (χ1v) is 14.3. The van der Waals surface area contributed by atoms with Crippen molar-refractivity contribution in [1.82, 2.24) is 14.9 Å². The standard InChI is InChI=1S/C33H36N8O2/c1-4-23-10-6-7-11-27(23)38-32(43)26-22-34-33(35-24-14-16-25(17-15-24)41-20-18-40(3)19-21-41)39-31(26)37-29-13-9-8-12-28(29)36-30(42)5-2/h5-17,22H,2,4,18-21H2,1,3H3,(H,36,42)(H,38,43)(H2,34,35,37,39). The minimum absolute atomic E-state index is 0.242. The van der Waals surface area contributed by atoms with Gasteiger partial charge in [0.25, 0.3) is 5.91 Å². The molecule has 1 fully saturated rings. The lowest BCUT2D eigenvalue weighted by Gasteiger charge is -2.34. The largest absolute Gasteiger partial charge is 0.369 e. The zero-order valence-corrected chi connectivity index (χ0v) is 24.4. The fourth-order valence-corrected chi connectivity index (χ4v) is 4.81. The van der Waals surface area contributed by atoms with Gasteiger partial charge in [-0.25, -0.2) is 4.98 Å². The van der Waals surface area contributed by atoms with Crippen LogP contribution in [-0.2, 0) is 11.2 Å². The van der Waals surface area contributed by atoms with Crippen LogP contribution in [0.4, 0.5) is 40.2 Å². The Hall–Kier alpha value is -5.22. The molecule has 0 saturated carbocycles. The lowest BCUT2D eigenvalue weighted by atomic mass is 10.1. The van der Waals surface area contributed by atoms with Crippen molar-refractivity contribution in [3.05, 3.63) is 103 Å². The van der Waals surface area contributed by atoms with Gasteiger partial charge in [-0.1, -0.05) is 43.8 Å². The molecule has 4 aromatic rings. The van der Waals surface area contributed by atoms with E-state index in [0.29, 0.717) is 17.3 Å². The third kappa shape index (κ3) is 7.35. The van der Waals surface area contributed by atoms with Crippen LogP contribution in [0.15, 0.2) is 91.6 Å². The number of aryl methyl sites for hydroxylation is 1. The Morgan fingerprint density at radius 2 is 1.53 bits per heavy atom. The first kappa shape index (κ1) is 29.3. The molecule has 0 radical (unpaired) electrons. The summed E-state index contributed by atoms with van der Waals surface area (Å²) in [5.41, 5.74) is 5.04. The Kier molecular flexibility index (Phi) is 9.28. The predicted octanol–water partition coefficient (Wildman–Crippen LogP) is 5.65. The number of piperazine rings is 1. The molecule has 4 N–H and O–H groups in total. The van der Waals surface area contributed by atoms with Crippen molar-refractivity contribution in [2.75, 3.05) is 59.4 Å². The van der Waals surface area contributed by atoms with Crippen molar-refractivity contribution in [3.8, 4) is 0 Å². The molecule has 2 heterocycles. The Bertz CT molecular complexity index is 1600. The molecule has 10 nitrogen and oxygen atoms in total. The molecule has 1 saturated heterocycles. The molecule has 5 rings (SSSR count). The molecular formula is C33H36N8O2. The zero-order chi connectivity index (χ0) is 30.2. The Morgan fingerprint density at radius 1 is 0.860 bits per heavy atom. The number of amides is 2. The number of aromatic nitrogens is 2. The van der Waals surface area contributed by atoms with Crippen LogP contribution in [0.5, 0.6) is 0 Å². The number of rotatable bonds is 10. The van der Waals surface area contributed by atoms with E-state index in [1.165, 1.54) is 18.0 Å². The van der Waals surface area contributed by atoms with Crippen molar-refractivity contribution in [3.63, 3.8) is 0 Å². The van der Waals surface area contributed by atoms with E-state index in [4.69, 9.17) is 0 Å². The summed E-state index contributed by atoms with van der Waals surface area (Å²) in [6.07, 6.45) is 3.46. The van der Waals surface area contributed by atoms with Crippen LogP contribution in [-0.4, -0.2) is 59.9 Å². The van der Waals surface area contributed by atoms with Crippen molar-refractivity contribution >= 4 is 52.0 Å². The zero-order valence-electron chi connectivity index (χ0n) is 24.4. The molecule has 0 spiro atoms. The Balaban J connectivity index is 1.42. The fourth-order valence-electron chi connectivity index (χ4n) is 4.81. The highest BCUT2D eigenvalue weighted by Crippen LogP contribution is 2.29. The van der Waals surface area contributed by atoms with E-state index in [1.54, 1.807) is 18.2 Å². The third-order valence-electron chi connectivity index (χ3n) is 7.30. The van der Waals surface area contributed by atoms with E-state index in [2.05, 4.69) is 66.8 Å². The van der Waals surface area contributed by atoms with Crippen LogP contribution in [0.3, 0.4) is 0 Å². The van der Waals surface area contributed by atoms with Gasteiger partial charge in [-0.15, -0.1) is 0 Å². The van der Waals surface area contributed by atoms with E-state index < -0.39 is 0 Å². The highest BCUT2D eigenvalue weighted by molar-refractivity contribution is 6.08. The Morgan fingerprint density at radius 3 is 2.23 bits per heavy atom. The summed E-state index contributed by atoms with van der Waals surface area (Å²) >= 11 is 0. The van der Waals surface area contributed by atoms with Gasteiger partial charge in [0.05, 0.1) is 11.4 Å². The van der Waals surface area contributed by atoms with Gasteiger partial charge in [-0.2, -0.15) is 4.98 Å². The number of likely N-dealkylation sites (N-methyl/N-ethyl adjacent to an activating group) is 1. The lowest BCUT2D eigenvalue weighted by molar-refractivity contribution is -0.111. The van der Waals surface area contributed by atoms with Crippen LogP contribution in [0.25, 0.3) is 0 Å². The molecule has 1 aromatic heterocycles. The third-order valence-corrected chi connectivity index (χ3v) is 7.30. The topological polar surface area (TPSA) is 115 Å². The number of hydrogen-bond donors (Lipinski definition) is 4. The number of carbonyl (C=O) groups is 2. The van der Waals surface area contributed by atoms with E-state index in [0.717, 1.165) is 49.5 Å². The van der Waals surface area contributed by atoms with Crippen molar-refractivity contribution in [2.45, 2.75) is 13.3 Å². The number of para-hydroxylation sites is 3. The van der Waals surface area contributed by atoms with Crippen molar-refractivity contribution in [1.29, 1.82) is 0 Å². The molecule has 220 valence electrons. The predicted molar refractivity (Wildman–Crippen MR) is 174 cm³/mol. The summed E-state index contributed by atoms with van der Waals surface area (Å²) in [6.45, 7) is 9.61. The number of nitrogens with zero attached hydrogens (tertiary/aromatic N) is 4. The first-order valence-electron chi connectivity index (χ1n) is 14.3. The quantitative estimate of drug-likeness (QED) is 0.179. The smallest absolute Gasteiger partial charge is 0.261 e. The van der Waals surface area contributed by atoms with E-state index >= 15 is 0 Å². The maximum absolute atomic E-state index is 13.5. The van der Waals surface area contributed by atoms with Crippen LogP contribution < -0.4 is 26.2 Å². The fraction of sp³-hybridized carbons (Fsp3) is 0.212.